The molecular weight excluding hydrogens is 240 g/mol. The van der Waals surface area contributed by atoms with Gasteiger partial charge in [-0.05, 0) is 30.5 Å². The Labute approximate surface area is 115 Å². The second kappa shape index (κ2) is 6.57. The molecule has 19 heavy (non-hydrogen) atoms. The van der Waals surface area contributed by atoms with Crippen molar-refractivity contribution in [2.75, 3.05) is 19.1 Å². The summed E-state index contributed by atoms with van der Waals surface area (Å²) in [5.74, 6) is 1.13. The van der Waals surface area contributed by atoms with E-state index in [9.17, 15) is 4.79 Å². The van der Waals surface area contributed by atoms with E-state index in [0.29, 0.717) is 18.1 Å². The summed E-state index contributed by atoms with van der Waals surface area (Å²) < 4.78 is 5.39. The molecule has 0 fully saturated rings. The number of hydrogen-bond acceptors (Lipinski definition) is 3. The number of ether oxygens (including phenoxy) is 1. The summed E-state index contributed by atoms with van der Waals surface area (Å²) in [7, 11) is 3.37. The summed E-state index contributed by atoms with van der Waals surface area (Å²) in [6.45, 7) is 6.07. The van der Waals surface area contributed by atoms with Crippen LogP contribution < -0.4 is 15.4 Å². The van der Waals surface area contributed by atoms with E-state index in [0.717, 1.165) is 5.69 Å². The summed E-state index contributed by atoms with van der Waals surface area (Å²) in [5, 5.41) is 0. The van der Waals surface area contributed by atoms with Crippen LogP contribution in [0.4, 0.5) is 5.69 Å². The fourth-order valence-electron chi connectivity index (χ4n) is 1.88. The average molecular weight is 264 g/mol. The quantitative estimate of drug-likeness (QED) is 0.889. The molecule has 0 heterocycles. The molecule has 1 aromatic carbocycles. The summed E-state index contributed by atoms with van der Waals surface area (Å²) in [5.41, 5.74) is 7.63. The van der Waals surface area contributed by atoms with E-state index in [4.69, 9.17) is 10.5 Å². The van der Waals surface area contributed by atoms with Gasteiger partial charge in [0.15, 0.2) is 0 Å². The lowest BCUT2D eigenvalue weighted by Crippen LogP contribution is -2.32. The van der Waals surface area contributed by atoms with Gasteiger partial charge in [0.1, 0.15) is 5.75 Å². The molecule has 0 saturated carbocycles. The number of carbonyl (C=O) groups excluding carboxylic acids is 1. The van der Waals surface area contributed by atoms with Crippen molar-refractivity contribution < 1.29 is 9.53 Å². The Morgan fingerprint density at radius 3 is 2.47 bits per heavy atom. The zero-order chi connectivity index (χ0) is 14.6. The Morgan fingerprint density at radius 2 is 2.00 bits per heavy atom. The largest absolute Gasteiger partial charge is 0.495 e. The predicted octanol–water partition coefficient (Wildman–Crippen LogP) is 2.52. The van der Waals surface area contributed by atoms with E-state index >= 15 is 0 Å². The molecule has 4 nitrogen and oxygen atoms in total. The van der Waals surface area contributed by atoms with Crippen molar-refractivity contribution in [3.8, 4) is 5.75 Å². The number of carbonyl (C=O) groups is 1. The van der Waals surface area contributed by atoms with Crippen LogP contribution in [0.25, 0.3) is 0 Å². The van der Waals surface area contributed by atoms with Gasteiger partial charge >= 0.3 is 0 Å². The summed E-state index contributed by atoms with van der Waals surface area (Å²) in [6, 6.07) is 5.79. The monoisotopic (exact) mass is 264 g/mol. The van der Waals surface area contributed by atoms with Gasteiger partial charge in [-0.1, -0.05) is 19.9 Å². The third-order valence-corrected chi connectivity index (χ3v) is 3.10. The van der Waals surface area contributed by atoms with Crippen LogP contribution in [0.2, 0.25) is 0 Å². The normalized spacial score (nSPS) is 12.4. The van der Waals surface area contributed by atoms with Gasteiger partial charge in [-0.3, -0.25) is 4.79 Å². The summed E-state index contributed by atoms with van der Waals surface area (Å²) >= 11 is 0. The first-order valence-electron chi connectivity index (χ1n) is 6.56. The number of nitrogens with two attached hydrogens (primary N) is 1. The Balaban J connectivity index is 3.02. The molecule has 2 N–H and O–H groups in total. The molecular formula is C15H24N2O2. The van der Waals surface area contributed by atoms with Crippen molar-refractivity contribution in [2.24, 2.45) is 5.73 Å². The van der Waals surface area contributed by atoms with Gasteiger partial charge in [-0.25, -0.2) is 0 Å². The first-order valence-corrected chi connectivity index (χ1v) is 6.56. The smallest absolute Gasteiger partial charge is 0.228 e. The van der Waals surface area contributed by atoms with Gasteiger partial charge in [0.2, 0.25) is 5.91 Å². The second-order valence-electron chi connectivity index (χ2n) is 5.22. The molecule has 1 unspecified atom stereocenters. The zero-order valence-corrected chi connectivity index (χ0v) is 12.4. The van der Waals surface area contributed by atoms with Crippen LogP contribution >= 0.6 is 0 Å². The minimum atomic E-state index is -0.143. The third kappa shape index (κ3) is 3.96. The highest BCUT2D eigenvalue weighted by Gasteiger charge is 2.17. The molecule has 0 spiro atoms. The van der Waals surface area contributed by atoms with Crippen LogP contribution in [-0.2, 0) is 4.79 Å². The van der Waals surface area contributed by atoms with Crippen molar-refractivity contribution in [1.82, 2.24) is 0 Å². The van der Waals surface area contributed by atoms with Crippen LogP contribution in [0.3, 0.4) is 0 Å². The number of rotatable bonds is 5. The number of amides is 1. The fourth-order valence-corrected chi connectivity index (χ4v) is 1.88. The third-order valence-electron chi connectivity index (χ3n) is 3.10. The topological polar surface area (TPSA) is 55.6 Å². The Kier molecular flexibility index (Phi) is 5.36. The van der Waals surface area contributed by atoms with Gasteiger partial charge in [0, 0.05) is 19.5 Å². The van der Waals surface area contributed by atoms with Crippen molar-refractivity contribution in [1.29, 1.82) is 0 Å². The maximum absolute atomic E-state index is 12.0. The molecule has 0 aromatic heterocycles. The van der Waals surface area contributed by atoms with E-state index in [-0.39, 0.29) is 11.9 Å². The van der Waals surface area contributed by atoms with Crippen LogP contribution in [0.5, 0.6) is 5.75 Å². The van der Waals surface area contributed by atoms with Crippen LogP contribution in [-0.4, -0.2) is 26.1 Å². The number of methoxy groups -OCH3 is 1. The molecule has 0 bridgehead atoms. The molecule has 1 aromatic rings. The highest BCUT2D eigenvalue weighted by Crippen LogP contribution is 2.31. The predicted molar refractivity (Wildman–Crippen MR) is 78.8 cm³/mol. The standard InChI is InChI=1S/C15H24N2O2/c1-10(2)12-6-7-13(14(9-12)19-5)17(4)15(18)8-11(3)16/h6-7,9-11H,8,16H2,1-5H3. The Bertz CT molecular complexity index is 442. The molecule has 0 aliphatic heterocycles. The fraction of sp³-hybridized carbons (Fsp3) is 0.533. The van der Waals surface area contributed by atoms with Crippen molar-refractivity contribution in [2.45, 2.75) is 39.2 Å². The van der Waals surface area contributed by atoms with Gasteiger partial charge in [0.05, 0.1) is 12.8 Å². The number of anilines is 1. The van der Waals surface area contributed by atoms with Crippen LogP contribution in [0.15, 0.2) is 18.2 Å². The first kappa shape index (κ1) is 15.5. The van der Waals surface area contributed by atoms with E-state index in [1.807, 2.05) is 25.1 Å². The lowest BCUT2D eigenvalue weighted by Gasteiger charge is -2.22. The average Bonchev–Trinajstić information content (AvgIpc) is 2.36. The highest BCUT2D eigenvalue weighted by atomic mass is 16.5. The van der Waals surface area contributed by atoms with Crippen molar-refractivity contribution in [3.05, 3.63) is 23.8 Å². The lowest BCUT2D eigenvalue weighted by atomic mass is 10.0. The molecule has 0 saturated heterocycles. The van der Waals surface area contributed by atoms with Gasteiger partial charge < -0.3 is 15.4 Å². The molecule has 1 rings (SSSR count). The molecule has 1 atom stereocenters. The molecule has 106 valence electrons. The maximum Gasteiger partial charge on any atom is 0.228 e. The van der Waals surface area contributed by atoms with Crippen LogP contribution in [0.1, 0.15) is 38.7 Å². The molecule has 0 aliphatic carbocycles. The molecule has 0 radical (unpaired) electrons. The van der Waals surface area contributed by atoms with E-state index in [1.165, 1.54) is 5.56 Å². The first-order chi connectivity index (χ1) is 8.86. The van der Waals surface area contributed by atoms with E-state index < -0.39 is 0 Å². The summed E-state index contributed by atoms with van der Waals surface area (Å²) in [6.07, 6.45) is 0.325. The van der Waals surface area contributed by atoms with Crippen molar-refractivity contribution >= 4 is 11.6 Å². The molecule has 4 heteroatoms. The van der Waals surface area contributed by atoms with Crippen LogP contribution in [0, 0.1) is 0 Å². The second-order valence-corrected chi connectivity index (χ2v) is 5.22. The minimum absolute atomic E-state index is 0.00871. The Hall–Kier alpha value is -1.55. The number of hydrogen-bond donors (Lipinski definition) is 1. The number of benzene rings is 1. The zero-order valence-electron chi connectivity index (χ0n) is 12.4. The molecule has 1 amide bonds. The molecule has 0 aliphatic rings. The Morgan fingerprint density at radius 1 is 1.37 bits per heavy atom. The van der Waals surface area contributed by atoms with Gasteiger partial charge in [-0.2, -0.15) is 0 Å². The SMILES string of the molecule is COc1cc(C(C)C)ccc1N(C)C(=O)CC(C)N. The van der Waals surface area contributed by atoms with E-state index in [2.05, 4.69) is 13.8 Å². The van der Waals surface area contributed by atoms with E-state index in [1.54, 1.807) is 19.1 Å². The van der Waals surface area contributed by atoms with Gasteiger partial charge in [0.25, 0.3) is 0 Å². The maximum atomic E-state index is 12.0. The van der Waals surface area contributed by atoms with Crippen molar-refractivity contribution in [3.63, 3.8) is 0 Å². The summed E-state index contributed by atoms with van der Waals surface area (Å²) in [4.78, 5) is 13.6. The lowest BCUT2D eigenvalue weighted by molar-refractivity contribution is -0.118. The number of nitrogens with zero attached hydrogens (tertiary/aromatic N) is 1. The van der Waals surface area contributed by atoms with Gasteiger partial charge in [-0.15, -0.1) is 0 Å². The highest BCUT2D eigenvalue weighted by molar-refractivity contribution is 5.94. The minimum Gasteiger partial charge on any atom is -0.495 e.